The maximum atomic E-state index is 12.9. The Hall–Kier alpha value is -2.03. The topological polar surface area (TPSA) is 70.3 Å². The van der Waals surface area contributed by atoms with Crippen molar-refractivity contribution in [3.63, 3.8) is 0 Å². The summed E-state index contributed by atoms with van der Waals surface area (Å²) in [6.07, 6.45) is -2.65. The summed E-state index contributed by atoms with van der Waals surface area (Å²) in [4.78, 5) is 8.60. The number of alkyl halides is 3. The fraction of sp³-hybridized carbons (Fsp3) is 0.444. The third-order valence-electron chi connectivity index (χ3n) is 4.07. The normalized spacial score (nSPS) is 11.7. The van der Waals surface area contributed by atoms with Crippen LogP contribution in [0.25, 0.3) is 0 Å². The average molecular weight is 448 g/mol. The first kappa shape index (κ1) is 21.3. The lowest BCUT2D eigenvalue weighted by Gasteiger charge is -2.17. The van der Waals surface area contributed by atoms with Crippen molar-refractivity contribution >= 4 is 21.7 Å². The van der Waals surface area contributed by atoms with Crippen molar-refractivity contribution < 1.29 is 22.6 Å². The quantitative estimate of drug-likeness (QED) is 0.645. The van der Waals surface area contributed by atoms with Gasteiger partial charge in [-0.15, -0.1) is 0 Å². The molecule has 5 nitrogen and oxygen atoms in total. The van der Waals surface area contributed by atoms with Crippen LogP contribution < -0.4 is 15.2 Å². The predicted octanol–water partition coefficient (Wildman–Crippen LogP) is 5.01. The Morgan fingerprint density at radius 2 is 1.85 bits per heavy atom. The Balaban J connectivity index is 2.31. The van der Waals surface area contributed by atoms with Crippen LogP contribution in [-0.4, -0.2) is 23.2 Å². The van der Waals surface area contributed by atoms with E-state index in [4.69, 9.17) is 15.2 Å². The number of rotatable bonds is 7. The maximum absolute atomic E-state index is 12.9. The number of nitrogen functional groups attached to an aromatic ring is 1. The number of halogens is 4. The molecule has 9 heteroatoms. The summed E-state index contributed by atoms with van der Waals surface area (Å²) in [7, 11) is 1.32. The van der Waals surface area contributed by atoms with E-state index in [9.17, 15) is 13.2 Å². The molecule has 0 saturated carbocycles. The summed E-state index contributed by atoms with van der Waals surface area (Å²) in [6, 6.07) is 3.33. The molecular formula is C18H21BrF3N3O2. The van der Waals surface area contributed by atoms with Crippen LogP contribution >= 0.6 is 15.9 Å². The molecule has 0 aliphatic carbocycles. The number of hydrogen-bond acceptors (Lipinski definition) is 5. The maximum Gasteiger partial charge on any atom is 0.416 e. The molecule has 27 heavy (non-hydrogen) atoms. The molecule has 0 bridgehead atoms. The van der Waals surface area contributed by atoms with Gasteiger partial charge in [0.2, 0.25) is 0 Å². The molecule has 2 aromatic rings. The molecule has 1 aromatic heterocycles. The third kappa shape index (κ3) is 5.24. The van der Waals surface area contributed by atoms with E-state index in [2.05, 4.69) is 25.9 Å². The van der Waals surface area contributed by atoms with E-state index in [0.717, 1.165) is 25.0 Å². The molecule has 2 N–H and O–H groups in total. The van der Waals surface area contributed by atoms with Crippen molar-refractivity contribution in [1.29, 1.82) is 0 Å². The van der Waals surface area contributed by atoms with Gasteiger partial charge in [-0.1, -0.05) is 19.9 Å². The first-order valence-corrected chi connectivity index (χ1v) is 9.21. The van der Waals surface area contributed by atoms with E-state index in [-0.39, 0.29) is 30.0 Å². The van der Waals surface area contributed by atoms with Crippen molar-refractivity contribution in [3.05, 3.63) is 39.6 Å². The molecule has 0 saturated heterocycles. The van der Waals surface area contributed by atoms with Crippen molar-refractivity contribution in [2.24, 2.45) is 0 Å². The second-order valence-corrected chi connectivity index (χ2v) is 6.66. The SMILES string of the molecule is CCC(CC)Oc1nc(Br)c(Cc2ccc(C(F)(F)F)cc2OC)nc1N. The van der Waals surface area contributed by atoms with E-state index in [1.807, 2.05) is 13.8 Å². The molecular weight excluding hydrogens is 427 g/mol. The average Bonchev–Trinajstić information content (AvgIpc) is 2.62. The van der Waals surface area contributed by atoms with Crippen molar-refractivity contribution in [2.45, 2.75) is 45.4 Å². The van der Waals surface area contributed by atoms with Crippen LogP contribution in [0.4, 0.5) is 19.0 Å². The van der Waals surface area contributed by atoms with E-state index in [0.29, 0.717) is 15.9 Å². The second kappa shape index (κ2) is 8.77. The van der Waals surface area contributed by atoms with E-state index < -0.39 is 11.7 Å². The highest BCUT2D eigenvalue weighted by atomic mass is 79.9. The summed E-state index contributed by atoms with van der Waals surface area (Å²) in [5, 5.41) is 0. The highest BCUT2D eigenvalue weighted by Crippen LogP contribution is 2.34. The van der Waals surface area contributed by atoms with Gasteiger partial charge in [0.25, 0.3) is 5.88 Å². The number of ether oxygens (including phenoxy) is 2. The highest BCUT2D eigenvalue weighted by Gasteiger charge is 2.31. The van der Waals surface area contributed by atoms with Gasteiger partial charge in [-0.2, -0.15) is 13.2 Å². The Labute approximate surface area is 164 Å². The zero-order valence-electron chi connectivity index (χ0n) is 15.2. The summed E-state index contributed by atoms with van der Waals surface area (Å²) < 4.78 is 49.9. The van der Waals surface area contributed by atoms with Crippen molar-refractivity contribution in [2.75, 3.05) is 12.8 Å². The van der Waals surface area contributed by atoms with Gasteiger partial charge in [0.05, 0.1) is 18.4 Å². The van der Waals surface area contributed by atoms with Gasteiger partial charge in [0.1, 0.15) is 16.5 Å². The Bertz CT molecular complexity index is 796. The largest absolute Gasteiger partial charge is 0.496 e. The summed E-state index contributed by atoms with van der Waals surface area (Å²) in [6.45, 7) is 4.00. The molecule has 0 spiro atoms. The molecule has 1 heterocycles. The minimum absolute atomic E-state index is 0.0191. The van der Waals surface area contributed by atoms with Crippen LogP contribution in [0.3, 0.4) is 0 Å². The van der Waals surface area contributed by atoms with Gasteiger partial charge < -0.3 is 15.2 Å². The van der Waals surface area contributed by atoms with Gasteiger partial charge in [-0.3, -0.25) is 0 Å². The van der Waals surface area contributed by atoms with Crippen LogP contribution in [0.2, 0.25) is 0 Å². The molecule has 0 atom stereocenters. The molecule has 0 radical (unpaired) electrons. The molecule has 0 aliphatic heterocycles. The fourth-order valence-corrected chi connectivity index (χ4v) is 2.90. The molecule has 0 unspecified atom stereocenters. The number of aromatic nitrogens is 2. The number of nitrogens with zero attached hydrogens (tertiary/aromatic N) is 2. The van der Waals surface area contributed by atoms with Gasteiger partial charge >= 0.3 is 6.18 Å². The highest BCUT2D eigenvalue weighted by molar-refractivity contribution is 9.10. The zero-order valence-corrected chi connectivity index (χ0v) is 16.8. The van der Waals surface area contributed by atoms with Gasteiger partial charge in [0, 0.05) is 12.0 Å². The Kier molecular flexibility index (Phi) is 6.91. The van der Waals surface area contributed by atoms with Crippen LogP contribution in [-0.2, 0) is 12.6 Å². The number of benzene rings is 1. The summed E-state index contributed by atoms with van der Waals surface area (Å²) in [5.41, 5.74) is 6.19. The molecule has 0 aliphatic rings. The lowest BCUT2D eigenvalue weighted by molar-refractivity contribution is -0.137. The van der Waals surface area contributed by atoms with Gasteiger partial charge in [0.15, 0.2) is 5.82 Å². The lowest BCUT2D eigenvalue weighted by Crippen LogP contribution is -2.17. The fourth-order valence-electron chi connectivity index (χ4n) is 2.51. The summed E-state index contributed by atoms with van der Waals surface area (Å²) >= 11 is 3.34. The zero-order chi connectivity index (χ0) is 20.2. The molecule has 1 aromatic carbocycles. The predicted molar refractivity (Wildman–Crippen MR) is 99.9 cm³/mol. The smallest absolute Gasteiger partial charge is 0.416 e. The van der Waals surface area contributed by atoms with Crippen molar-refractivity contribution in [1.82, 2.24) is 9.97 Å². The number of hydrogen-bond donors (Lipinski definition) is 1. The number of nitrogens with two attached hydrogens (primary N) is 1. The molecule has 2 rings (SSSR count). The number of methoxy groups -OCH3 is 1. The van der Waals surface area contributed by atoms with Gasteiger partial charge in [-0.05, 0) is 40.9 Å². The van der Waals surface area contributed by atoms with Gasteiger partial charge in [-0.25, -0.2) is 9.97 Å². The number of anilines is 1. The third-order valence-corrected chi connectivity index (χ3v) is 4.71. The molecule has 0 fully saturated rings. The van der Waals surface area contributed by atoms with Crippen LogP contribution in [0.5, 0.6) is 11.6 Å². The minimum Gasteiger partial charge on any atom is -0.496 e. The van der Waals surface area contributed by atoms with Crippen molar-refractivity contribution in [3.8, 4) is 11.6 Å². The van der Waals surface area contributed by atoms with Crippen LogP contribution in [0, 0.1) is 0 Å². The van der Waals surface area contributed by atoms with Crippen LogP contribution in [0.1, 0.15) is 43.5 Å². The van der Waals surface area contributed by atoms with E-state index >= 15 is 0 Å². The Morgan fingerprint density at radius 3 is 2.41 bits per heavy atom. The standard InChI is InChI=1S/C18H21BrF3N3O2/c1-4-12(5-2)27-17-16(23)24-13(15(19)25-17)8-10-6-7-11(18(20,21)22)9-14(10)26-3/h6-7,9,12H,4-5,8H2,1-3H3,(H2,23,24). The Morgan fingerprint density at radius 1 is 1.19 bits per heavy atom. The van der Waals surface area contributed by atoms with Crippen LogP contribution in [0.15, 0.2) is 22.8 Å². The first-order valence-electron chi connectivity index (χ1n) is 8.42. The molecule has 0 amide bonds. The van der Waals surface area contributed by atoms with E-state index in [1.165, 1.54) is 13.2 Å². The first-order chi connectivity index (χ1) is 12.7. The minimum atomic E-state index is -4.44. The summed E-state index contributed by atoms with van der Waals surface area (Å²) in [5.74, 6) is 0.485. The van der Waals surface area contributed by atoms with E-state index in [1.54, 1.807) is 0 Å². The molecule has 148 valence electrons. The second-order valence-electron chi connectivity index (χ2n) is 5.91. The lowest BCUT2D eigenvalue weighted by atomic mass is 10.1. The monoisotopic (exact) mass is 447 g/mol.